The van der Waals surface area contributed by atoms with E-state index in [1.807, 2.05) is 11.3 Å². The van der Waals surface area contributed by atoms with E-state index in [2.05, 4.69) is 194 Å². The summed E-state index contributed by atoms with van der Waals surface area (Å²) in [6, 6.07) is 71.5. The predicted octanol–water partition coefficient (Wildman–Crippen LogP) is 15.3. The van der Waals surface area contributed by atoms with Crippen LogP contribution in [-0.4, -0.2) is 0 Å². The molecule has 11 aromatic rings. The Morgan fingerprint density at radius 1 is 0.264 bits per heavy atom. The molecule has 10 aromatic carbocycles. The van der Waals surface area contributed by atoms with Gasteiger partial charge in [-0.1, -0.05) is 182 Å². The van der Waals surface area contributed by atoms with Crippen molar-refractivity contribution in [1.29, 1.82) is 0 Å². The van der Waals surface area contributed by atoms with Gasteiger partial charge in [-0.3, -0.25) is 0 Å². The molecule has 0 fully saturated rings. The maximum atomic E-state index is 2.41. The molecule has 0 spiro atoms. The number of fused-ring (bicyclic) bond motifs is 10. The molecule has 0 aliphatic rings. The summed E-state index contributed by atoms with van der Waals surface area (Å²) >= 11 is 1.92. The lowest BCUT2D eigenvalue weighted by atomic mass is 9.83. The Balaban J connectivity index is 1.12. The molecule has 0 aliphatic carbocycles. The minimum absolute atomic E-state index is 1.23. The van der Waals surface area contributed by atoms with E-state index in [1.165, 1.54) is 108 Å². The highest BCUT2D eigenvalue weighted by Gasteiger charge is 2.20. The van der Waals surface area contributed by atoms with Crippen molar-refractivity contribution in [3.8, 4) is 44.5 Å². The minimum atomic E-state index is 1.23. The summed E-state index contributed by atoms with van der Waals surface area (Å²) < 4.78 is 2.69. The largest absolute Gasteiger partial charge is 0.134 e. The monoisotopic (exact) mass is 688 g/mol. The van der Waals surface area contributed by atoms with Crippen molar-refractivity contribution in [1.82, 2.24) is 0 Å². The van der Waals surface area contributed by atoms with Gasteiger partial charge in [0, 0.05) is 25.6 Å². The highest BCUT2D eigenvalue weighted by molar-refractivity contribution is 7.27. The van der Waals surface area contributed by atoms with Crippen LogP contribution in [0.4, 0.5) is 0 Å². The van der Waals surface area contributed by atoms with E-state index in [0.717, 1.165) is 0 Å². The Morgan fingerprint density at radius 3 is 1.45 bits per heavy atom. The molecule has 0 radical (unpaired) electrons. The average molecular weight is 689 g/mol. The highest BCUT2D eigenvalue weighted by atomic mass is 32.1. The third-order valence-electron chi connectivity index (χ3n) is 11.0. The summed E-state index contributed by atoms with van der Waals surface area (Å²) in [7, 11) is 0. The second-order valence-electron chi connectivity index (χ2n) is 13.9. The standard InChI is InChI=1S/C52H32S/c1-2-15-33(16-3-1)37-19-4-7-22-40(37)50-44-26-11-9-24-42(44)49(43-25-10-12-27-45(43)50)36-18-14-17-34(31-36)35-29-30-47-48(32-35)53-52-46-28-13-6-21-39(46)38-20-5-8-23-41(38)51(47)52/h1-32H. The van der Waals surface area contributed by atoms with E-state index in [-0.39, 0.29) is 0 Å². The van der Waals surface area contributed by atoms with Gasteiger partial charge in [-0.25, -0.2) is 0 Å². The predicted molar refractivity (Wildman–Crippen MR) is 231 cm³/mol. The Labute approximate surface area is 311 Å². The minimum Gasteiger partial charge on any atom is -0.134 e. The lowest BCUT2D eigenvalue weighted by Crippen LogP contribution is -1.92. The number of hydrogen-bond donors (Lipinski definition) is 0. The fraction of sp³-hybridized carbons (Fsp3) is 0. The molecular formula is C52H32S. The average Bonchev–Trinajstić information content (AvgIpc) is 3.63. The molecule has 11 rings (SSSR count). The topological polar surface area (TPSA) is 0 Å². The molecule has 0 unspecified atom stereocenters. The summed E-state index contributed by atoms with van der Waals surface area (Å²) in [6.07, 6.45) is 0. The molecule has 0 saturated carbocycles. The van der Waals surface area contributed by atoms with E-state index in [4.69, 9.17) is 0 Å². The van der Waals surface area contributed by atoms with Crippen LogP contribution in [0.1, 0.15) is 0 Å². The van der Waals surface area contributed by atoms with Crippen molar-refractivity contribution in [3.63, 3.8) is 0 Å². The van der Waals surface area contributed by atoms with E-state index in [1.54, 1.807) is 0 Å². The van der Waals surface area contributed by atoms with Crippen LogP contribution in [0.3, 0.4) is 0 Å². The molecule has 53 heavy (non-hydrogen) atoms. The van der Waals surface area contributed by atoms with Crippen molar-refractivity contribution in [2.75, 3.05) is 0 Å². The zero-order valence-electron chi connectivity index (χ0n) is 28.9. The molecule has 246 valence electrons. The first-order chi connectivity index (χ1) is 26.3. The van der Waals surface area contributed by atoms with Gasteiger partial charge >= 0.3 is 0 Å². The van der Waals surface area contributed by atoms with Crippen molar-refractivity contribution >= 4 is 74.6 Å². The van der Waals surface area contributed by atoms with Crippen molar-refractivity contribution in [3.05, 3.63) is 194 Å². The van der Waals surface area contributed by atoms with Crippen molar-refractivity contribution < 1.29 is 0 Å². The van der Waals surface area contributed by atoms with Crippen LogP contribution in [-0.2, 0) is 0 Å². The highest BCUT2D eigenvalue weighted by Crippen LogP contribution is 2.48. The molecule has 1 heterocycles. The van der Waals surface area contributed by atoms with Gasteiger partial charge in [0.25, 0.3) is 0 Å². The first-order valence-corrected chi connectivity index (χ1v) is 19.1. The Hall–Kier alpha value is -6.54. The lowest BCUT2D eigenvalue weighted by Gasteiger charge is -2.20. The van der Waals surface area contributed by atoms with Crippen LogP contribution in [0.15, 0.2) is 194 Å². The Bertz CT molecular complexity index is 3160. The summed E-state index contributed by atoms with van der Waals surface area (Å²) in [6.45, 7) is 0. The van der Waals surface area contributed by atoms with Crippen LogP contribution in [0.25, 0.3) is 108 Å². The van der Waals surface area contributed by atoms with Gasteiger partial charge in [0.15, 0.2) is 0 Å². The molecule has 1 heteroatoms. The van der Waals surface area contributed by atoms with E-state index < -0.39 is 0 Å². The first kappa shape index (κ1) is 30.1. The van der Waals surface area contributed by atoms with E-state index >= 15 is 0 Å². The molecule has 0 N–H and O–H groups in total. The summed E-state index contributed by atoms with van der Waals surface area (Å²) in [5.41, 5.74) is 9.98. The van der Waals surface area contributed by atoms with E-state index in [0.29, 0.717) is 0 Å². The number of hydrogen-bond acceptors (Lipinski definition) is 1. The second-order valence-corrected chi connectivity index (χ2v) is 15.0. The van der Waals surface area contributed by atoms with Crippen LogP contribution in [0.2, 0.25) is 0 Å². The lowest BCUT2D eigenvalue weighted by molar-refractivity contribution is 1.60. The Morgan fingerprint density at radius 2 is 0.755 bits per heavy atom. The smallest absolute Gasteiger partial charge is 0.0440 e. The van der Waals surface area contributed by atoms with Gasteiger partial charge in [-0.2, -0.15) is 0 Å². The maximum Gasteiger partial charge on any atom is 0.0440 e. The molecule has 0 saturated heterocycles. The summed E-state index contributed by atoms with van der Waals surface area (Å²) in [5.74, 6) is 0. The zero-order valence-corrected chi connectivity index (χ0v) is 29.7. The zero-order chi connectivity index (χ0) is 34.9. The van der Waals surface area contributed by atoms with Gasteiger partial charge < -0.3 is 0 Å². The number of rotatable bonds is 4. The number of benzene rings is 10. The van der Waals surface area contributed by atoms with Gasteiger partial charge in [-0.05, 0) is 94.3 Å². The Kier molecular flexibility index (Phi) is 6.83. The SMILES string of the molecule is c1ccc(-c2ccccc2-c2c3ccccc3c(-c3cccc(-c4ccc5c(c4)sc4c6ccccc6c6ccccc6c54)c3)c3ccccc23)cc1. The van der Waals surface area contributed by atoms with Gasteiger partial charge in [0.05, 0.1) is 0 Å². The molecule has 0 aliphatic heterocycles. The summed E-state index contributed by atoms with van der Waals surface area (Å²) in [5, 5.41) is 13.1. The summed E-state index contributed by atoms with van der Waals surface area (Å²) in [4.78, 5) is 0. The normalized spacial score (nSPS) is 11.8. The maximum absolute atomic E-state index is 2.41. The van der Waals surface area contributed by atoms with Gasteiger partial charge in [-0.15, -0.1) is 11.3 Å². The van der Waals surface area contributed by atoms with Gasteiger partial charge in [0.2, 0.25) is 0 Å². The molecule has 0 amide bonds. The van der Waals surface area contributed by atoms with Crippen LogP contribution >= 0.6 is 11.3 Å². The van der Waals surface area contributed by atoms with Crippen LogP contribution < -0.4 is 0 Å². The van der Waals surface area contributed by atoms with Gasteiger partial charge in [0.1, 0.15) is 0 Å². The first-order valence-electron chi connectivity index (χ1n) is 18.3. The van der Waals surface area contributed by atoms with Crippen molar-refractivity contribution in [2.24, 2.45) is 0 Å². The fourth-order valence-electron chi connectivity index (χ4n) is 8.74. The van der Waals surface area contributed by atoms with Crippen LogP contribution in [0, 0.1) is 0 Å². The number of thiophene rings is 1. The molecule has 0 bridgehead atoms. The molecular weight excluding hydrogens is 657 g/mol. The van der Waals surface area contributed by atoms with Crippen molar-refractivity contribution in [2.45, 2.75) is 0 Å². The van der Waals surface area contributed by atoms with E-state index in [9.17, 15) is 0 Å². The molecule has 0 nitrogen and oxygen atoms in total. The fourth-order valence-corrected chi connectivity index (χ4v) is 10.0. The second kappa shape index (κ2) is 12.0. The van der Waals surface area contributed by atoms with Crippen LogP contribution in [0.5, 0.6) is 0 Å². The third-order valence-corrected chi connectivity index (χ3v) is 12.2. The third kappa shape index (κ3) is 4.68. The quantitative estimate of drug-likeness (QED) is 0.128. The molecule has 1 aromatic heterocycles. The molecule has 0 atom stereocenters.